The van der Waals surface area contributed by atoms with E-state index in [2.05, 4.69) is 9.98 Å². The highest BCUT2D eigenvalue weighted by molar-refractivity contribution is 7.17. The van der Waals surface area contributed by atoms with E-state index in [0.29, 0.717) is 32.6 Å². The zero-order valence-electron chi connectivity index (χ0n) is 18.8. The van der Waals surface area contributed by atoms with Crippen LogP contribution in [-0.4, -0.2) is 28.8 Å². The Morgan fingerprint density at radius 2 is 1.74 bits per heavy atom. The first-order valence-electron chi connectivity index (χ1n) is 11.1. The number of thiazole rings is 1. The monoisotopic (exact) mass is 480 g/mol. The van der Waals surface area contributed by atoms with Gasteiger partial charge in [0.1, 0.15) is 10.6 Å². The van der Waals surface area contributed by atoms with Gasteiger partial charge in [-0.3, -0.25) is 4.79 Å². The number of aromatic nitrogens is 1. The lowest BCUT2D eigenvalue weighted by Crippen LogP contribution is -2.22. The summed E-state index contributed by atoms with van der Waals surface area (Å²) in [6.45, 7) is 0. The molecule has 3 heterocycles. The Hall–Kier alpha value is -4.30. The Labute approximate surface area is 205 Å². The van der Waals surface area contributed by atoms with Crippen LogP contribution in [0.4, 0.5) is 5.13 Å². The third-order valence-corrected chi connectivity index (χ3v) is 7.20. The highest BCUT2D eigenvalue weighted by Gasteiger charge is 2.34. The maximum atomic E-state index is 12.7. The molecule has 1 atom stereocenters. The van der Waals surface area contributed by atoms with Crippen molar-refractivity contribution < 1.29 is 14.6 Å². The van der Waals surface area contributed by atoms with Gasteiger partial charge in [-0.15, -0.1) is 0 Å². The molecular weight excluding hydrogens is 460 g/mol. The second-order valence-corrected chi connectivity index (χ2v) is 9.19. The van der Waals surface area contributed by atoms with Crippen molar-refractivity contribution in [1.82, 2.24) is 4.98 Å². The lowest BCUT2D eigenvalue weighted by molar-refractivity contribution is -0.112. The van der Waals surface area contributed by atoms with Crippen LogP contribution in [0.25, 0.3) is 5.57 Å². The Bertz CT molecular complexity index is 1590. The lowest BCUT2D eigenvalue weighted by Gasteiger charge is -2.21. The largest absolute Gasteiger partial charge is 0.497 e. The molecule has 1 N–H and O–H groups in total. The summed E-state index contributed by atoms with van der Waals surface area (Å²) in [6, 6.07) is 25.0. The van der Waals surface area contributed by atoms with E-state index in [0.717, 1.165) is 22.6 Å². The summed E-state index contributed by atoms with van der Waals surface area (Å²) in [5.41, 5.74) is 3.37. The maximum Gasteiger partial charge on any atom is 0.279 e. The van der Waals surface area contributed by atoms with Crippen molar-refractivity contribution in [1.29, 1.82) is 0 Å². The number of hydrogen-bond acceptors (Lipinski definition) is 7. The molecule has 0 fully saturated rings. The fourth-order valence-corrected chi connectivity index (χ4v) is 5.43. The van der Waals surface area contributed by atoms with Crippen molar-refractivity contribution >= 4 is 33.7 Å². The second-order valence-electron chi connectivity index (χ2n) is 8.21. The summed E-state index contributed by atoms with van der Waals surface area (Å²) < 4.78 is 5.32. The Morgan fingerprint density at radius 1 is 1.00 bits per heavy atom. The molecule has 2 aliphatic rings. The van der Waals surface area contributed by atoms with Gasteiger partial charge in [0.25, 0.3) is 5.91 Å². The molecule has 172 valence electrons. The van der Waals surface area contributed by atoms with Crippen molar-refractivity contribution in [3.8, 4) is 11.6 Å². The van der Waals surface area contributed by atoms with Crippen molar-refractivity contribution in [2.24, 2.45) is 10.1 Å². The molecule has 0 saturated carbocycles. The van der Waals surface area contributed by atoms with Crippen LogP contribution in [-0.2, 0) is 4.79 Å². The molecule has 35 heavy (non-hydrogen) atoms. The number of anilines is 1. The highest BCUT2D eigenvalue weighted by atomic mass is 32.1. The number of carbonyl (C=O) groups excluding carboxylic acids is 1. The molecule has 0 spiro atoms. The number of ether oxygens (including phenoxy) is 1. The van der Waals surface area contributed by atoms with Crippen molar-refractivity contribution in [2.45, 2.75) is 12.5 Å². The van der Waals surface area contributed by atoms with Gasteiger partial charge in [0, 0.05) is 11.6 Å². The normalized spacial score (nSPS) is 16.8. The topological polar surface area (TPSA) is 87.4 Å². The number of amides is 1. The number of nitrogens with zero attached hydrogens (tertiary/aromatic N) is 4. The summed E-state index contributed by atoms with van der Waals surface area (Å²) in [5, 5.41) is 19.3. The summed E-state index contributed by atoms with van der Waals surface area (Å²) in [6.07, 6.45) is 0.666. The number of rotatable bonds is 5. The molecule has 0 bridgehead atoms. The van der Waals surface area contributed by atoms with Crippen molar-refractivity contribution in [2.75, 3.05) is 12.1 Å². The van der Waals surface area contributed by atoms with E-state index < -0.39 is 0 Å². The average molecular weight is 481 g/mol. The fraction of sp³-hybridized carbons (Fsp3) is 0.111. The molecule has 4 aromatic rings. The molecule has 1 aromatic heterocycles. The summed E-state index contributed by atoms with van der Waals surface area (Å²) in [4.78, 5) is 21.7. The Morgan fingerprint density at radius 3 is 2.51 bits per heavy atom. The molecule has 6 rings (SSSR count). The smallest absolute Gasteiger partial charge is 0.279 e. The summed E-state index contributed by atoms with van der Waals surface area (Å²) >= 11 is 1.24. The average Bonchev–Trinajstić information content (AvgIpc) is 3.59. The van der Waals surface area contributed by atoms with Gasteiger partial charge >= 0.3 is 0 Å². The number of hydrazone groups is 1. The number of fused-ring (bicyclic) bond motifs is 1. The number of benzene rings is 3. The molecular formula is C27H20N4O3S. The lowest BCUT2D eigenvalue weighted by atomic mass is 9.98. The molecule has 8 heteroatoms. The van der Waals surface area contributed by atoms with E-state index in [4.69, 9.17) is 9.84 Å². The molecule has 3 aromatic carbocycles. The number of carbonyl (C=O) groups is 1. The maximum absolute atomic E-state index is 12.7. The predicted molar refractivity (Wildman–Crippen MR) is 134 cm³/mol. The Kier molecular flexibility index (Phi) is 5.15. The van der Waals surface area contributed by atoms with Gasteiger partial charge in [0.15, 0.2) is 0 Å². The number of para-hydroxylation sites is 1. The van der Waals surface area contributed by atoms with Gasteiger partial charge in [-0.2, -0.15) is 10.1 Å². The third kappa shape index (κ3) is 3.68. The van der Waals surface area contributed by atoms with Crippen LogP contribution in [0.15, 0.2) is 89.0 Å². The van der Waals surface area contributed by atoms with Crippen LogP contribution in [0.5, 0.6) is 11.6 Å². The van der Waals surface area contributed by atoms with Crippen LogP contribution < -0.4 is 20.3 Å². The van der Waals surface area contributed by atoms with Crippen LogP contribution >= 0.6 is 11.3 Å². The summed E-state index contributed by atoms with van der Waals surface area (Å²) in [5.74, 6) is 0.200. The molecule has 7 nitrogen and oxygen atoms in total. The Balaban J connectivity index is 1.45. The van der Waals surface area contributed by atoms with Crippen LogP contribution in [0.3, 0.4) is 0 Å². The van der Waals surface area contributed by atoms with Gasteiger partial charge in [0.2, 0.25) is 11.0 Å². The van der Waals surface area contributed by atoms with Crippen LogP contribution in [0.1, 0.15) is 28.5 Å². The predicted octanol–water partition coefficient (Wildman–Crippen LogP) is 3.57. The minimum atomic E-state index is -0.377. The van der Waals surface area contributed by atoms with Gasteiger partial charge in [0.05, 0.1) is 29.8 Å². The molecule has 0 unspecified atom stereocenters. The molecule has 0 radical (unpaired) electrons. The van der Waals surface area contributed by atoms with Crippen molar-refractivity contribution in [3.05, 3.63) is 105 Å². The van der Waals surface area contributed by atoms with Crippen LogP contribution in [0.2, 0.25) is 0 Å². The quantitative estimate of drug-likeness (QED) is 0.472. The SMILES string of the molecule is COc1ccc([C@H]2CC(c3ccccc3)=NN2c2nc(O)c(C3=c4ccccc4=NC3=O)s2)cc1. The first-order valence-corrected chi connectivity index (χ1v) is 11.9. The van der Waals surface area contributed by atoms with E-state index >= 15 is 0 Å². The van der Waals surface area contributed by atoms with E-state index in [1.54, 1.807) is 13.2 Å². The standard InChI is InChI=1S/C27H20N4O3S/c1-34-18-13-11-17(12-14-18)22-15-21(16-7-3-2-4-8-16)30-31(22)27-29-26(33)24(35-27)23-19-9-5-6-10-20(19)28-25(23)32/h2-14,22,33H,15H2,1H3/t22-/m1/s1. The van der Waals surface area contributed by atoms with Gasteiger partial charge in [-0.1, -0.05) is 72.0 Å². The van der Waals surface area contributed by atoms with Gasteiger partial charge < -0.3 is 9.84 Å². The minimum Gasteiger partial charge on any atom is -0.497 e. The van der Waals surface area contributed by atoms with E-state index in [1.165, 1.54) is 11.3 Å². The molecule has 0 aliphatic carbocycles. The molecule has 2 aliphatic heterocycles. The number of methoxy groups -OCH3 is 1. The zero-order valence-corrected chi connectivity index (χ0v) is 19.6. The number of hydrogen-bond donors (Lipinski definition) is 1. The van der Waals surface area contributed by atoms with Crippen LogP contribution in [0, 0.1) is 0 Å². The highest BCUT2D eigenvalue weighted by Crippen LogP contribution is 2.43. The first kappa shape index (κ1) is 21.2. The van der Waals surface area contributed by atoms with E-state index in [9.17, 15) is 9.90 Å². The zero-order chi connectivity index (χ0) is 23.9. The third-order valence-electron chi connectivity index (χ3n) is 6.15. The molecule has 0 saturated heterocycles. The van der Waals surface area contributed by atoms with Gasteiger partial charge in [-0.05, 0) is 29.3 Å². The minimum absolute atomic E-state index is 0.129. The first-order chi connectivity index (χ1) is 17.1. The fourth-order valence-electron chi connectivity index (χ4n) is 4.42. The van der Waals surface area contributed by atoms with Crippen molar-refractivity contribution in [3.63, 3.8) is 0 Å². The van der Waals surface area contributed by atoms with Gasteiger partial charge in [-0.25, -0.2) is 10.0 Å². The molecule has 1 amide bonds. The summed E-state index contributed by atoms with van der Waals surface area (Å²) in [7, 11) is 1.64. The van der Waals surface area contributed by atoms with E-state index in [-0.39, 0.29) is 17.8 Å². The number of aromatic hydroxyl groups is 1. The van der Waals surface area contributed by atoms with E-state index in [1.807, 2.05) is 77.8 Å². The second kappa shape index (κ2) is 8.48.